The number of hydrogen-bond acceptors (Lipinski definition) is 4. The summed E-state index contributed by atoms with van der Waals surface area (Å²) in [5.41, 5.74) is 7.72. The summed E-state index contributed by atoms with van der Waals surface area (Å²) < 4.78 is 5.40. The standard InChI is InChI=1S/C14H21N3OS/c1-9-3-6-16-14(12(9)13(15)19)17-10(2)11-4-7-18-8-5-11/h3,6,10-11H,4-5,7-8H2,1-2H3,(H2,15,19)(H,16,17). The van der Waals surface area contributed by atoms with Crippen molar-refractivity contribution in [1.82, 2.24) is 4.98 Å². The van der Waals surface area contributed by atoms with Gasteiger partial charge < -0.3 is 15.8 Å². The van der Waals surface area contributed by atoms with Crippen molar-refractivity contribution in [1.29, 1.82) is 0 Å². The Kier molecular flexibility index (Phi) is 4.71. The van der Waals surface area contributed by atoms with Gasteiger partial charge in [-0.15, -0.1) is 0 Å². The normalized spacial score (nSPS) is 18.0. The first-order valence-electron chi connectivity index (χ1n) is 6.69. The summed E-state index contributed by atoms with van der Waals surface area (Å²) in [6.07, 6.45) is 3.96. The van der Waals surface area contributed by atoms with Crippen LogP contribution in [0.4, 0.5) is 5.82 Å². The number of aryl methyl sites for hydroxylation is 1. The smallest absolute Gasteiger partial charge is 0.136 e. The number of thiocarbonyl (C=S) groups is 1. The number of nitrogens with two attached hydrogens (primary N) is 1. The maximum atomic E-state index is 5.80. The number of hydrogen-bond donors (Lipinski definition) is 2. The number of aromatic nitrogens is 1. The number of ether oxygens (including phenoxy) is 1. The van der Waals surface area contributed by atoms with Gasteiger partial charge in [-0.2, -0.15) is 0 Å². The summed E-state index contributed by atoms with van der Waals surface area (Å²) >= 11 is 5.12. The second kappa shape index (κ2) is 6.30. The summed E-state index contributed by atoms with van der Waals surface area (Å²) in [5, 5.41) is 3.47. The van der Waals surface area contributed by atoms with Gasteiger partial charge >= 0.3 is 0 Å². The second-order valence-corrected chi connectivity index (χ2v) is 5.54. The first-order chi connectivity index (χ1) is 9.09. The van der Waals surface area contributed by atoms with E-state index in [1.807, 2.05) is 13.0 Å². The summed E-state index contributed by atoms with van der Waals surface area (Å²) in [6.45, 7) is 5.88. The molecule has 104 valence electrons. The number of anilines is 1. The first-order valence-corrected chi connectivity index (χ1v) is 7.10. The van der Waals surface area contributed by atoms with Gasteiger partial charge in [0.15, 0.2) is 0 Å². The largest absolute Gasteiger partial charge is 0.389 e. The van der Waals surface area contributed by atoms with Gasteiger partial charge in [-0.05, 0) is 44.2 Å². The van der Waals surface area contributed by atoms with Gasteiger partial charge in [0.05, 0.1) is 5.56 Å². The minimum absolute atomic E-state index is 0.339. The van der Waals surface area contributed by atoms with Crippen LogP contribution in [0.1, 0.15) is 30.9 Å². The van der Waals surface area contributed by atoms with E-state index in [0.29, 0.717) is 16.9 Å². The minimum atomic E-state index is 0.339. The number of rotatable bonds is 4. The Morgan fingerprint density at radius 3 is 2.84 bits per heavy atom. The fraction of sp³-hybridized carbons (Fsp3) is 0.571. The molecule has 0 amide bonds. The van der Waals surface area contributed by atoms with Crippen LogP contribution in [-0.4, -0.2) is 29.2 Å². The average molecular weight is 279 g/mol. The van der Waals surface area contributed by atoms with Gasteiger partial charge in [-0.1, -0.05) is 12.2 Å². The van der Waals surface area contributed by atoms with E-state index < -0.39 is 0 Å². The molecular formula is C14H21N3OS. The monoisotopic (exact) mass is 279 g/mol. The average Bonchev–Trinajstić information content (AvgIpc) is 2.39. The molecule has 1 aliphatic heterocycles. The molecule has 2 rings (SSSR count). The van der Waals surface area contributed by atoms with E-state index in [4.69, 9.17) is 22.7 Å². The summed E-state index contributed by atoms with van der Waals surface area (Å²) in [6, 6.07) is 2.27. The molecule has 0 bridgehead atoms. The van der Waals surface area contributed by atoms with Crippen molar-refractivity contribution in [3.8, 4) is 0 Å². The molecule has 1 atom stereocenters. The lowest BCUT2D eigenvalue weighted by molar-refractivity contribution is 0.0622. The van der Waals surface area contributed by atoms with Crippen LogP contribution >= 0.6 is 12.2 Å². The van der Waals surface area contributed by atoms with Crippen molar-refractivity contribution >= 4 is 23.0 Å². The van der Waals surface area contributed by atoms with Gasteiger partial charge in [0.2, 0.25) is 0 Å². The predicted octanol–water partition coefficient (Wildman–Crippen LogP) is 2.25. The summed E-state index contributed by atoms with van der Waals surface area (Å²) in [7, 11) is 0. The molecule has 0 saturated carbocycles. The Hall–Kier alpha value is -1.20. The highest BCUT2D eigenvalue weighted by Gasteiger charge is 2.22. The van der Waals surface area contributed by atoms with Gasteiger partial charge in [0, 0.05) is 25.5 Å². The molecule has 1 aromatic rings. The first kappa shape index (κ1) is 14.2. The van der Waals surface area contributed by atoms with Crippen LogP contribution in [0, 0.1) is 12.8 Å². The fourth-order valence-corrected chi connectivity index (χ4v) is 2.79. The zero-order chi connectivity index (χ0) is 13.8. The van der Waals surface area contributed by atoms with E-state index in [0.717, 1.165) is 43.0 Å². The number of pyridine rings is 1. The maximum absolute atomic E-state index is 5.80. The van der Waals surface area contributed by atoms with E-state index in [1.165, 1.54) is 0 Å². The van der Waals surface area contributed by atoms with Crippen LogP contribution in [-0.2, 0) is 4.74 Å². The predicted molar refractivity (Wildman–Crippen MR) is 81.5 cm³/mol. The van der Waals surface area contributed by atoms with Gasteiger partial charge in [-0.3, -0.25) is 0 Å². The van der Waals surface area contributed by atoms with E-state index in [2.05, 4.69) is 17.2 Å². The topological polar surface area (TPSA) is 60.2 Å². The summed E-state index contributed by atoms with van der Waals surface area (Å²) in [4.78, 5) is 4.78. The van der Waals surface area contributed by atoms with Crippen molar-refractivity contribution in [2.45, 2.75) is 32.7 Å². The van der Waals surface area contributed by atoms with Crippen molar-refractivity contribution < 1.29 is 4.74 Å². The van der Waals surface area contributed by atoms with E-state index in [1.54, 1.807) is 6.20 Å². The van der Waals surface area contributed by atoms with Crippen LogP contribution in [0.15, 0.2) is 12.3 Å². The molecule has 19 heavy (non-hydrogen) atoms. The third-order valence-electron chi connectivity index (χ3n) is 3.74. The fourth-order valence-electron chi connectivity index (χ4n) is 2.53. The molecule has 1 saturated heterocycles. The van der Waals surface area contributed by atoms with E-state index in [9.17, 15) is 0 Å². The minimum Gasteiger partial charge on any atom is -0.389 e. The van der Waals surface area contributed by atoms with Crippen molar-refractivity contribution in [2.24, 2.45) is 11.7 Å². The molecule has 1 aliphatic rings. The van der Waals surface area contributed by atoms with Crippen molar-refractivity contribution in [3.63, 3.8) is 0 Å². The zero-order valence-corrected chi connectivity index (χ0v) is 12.3. The van der Waals surface area contributed by atoms with Crippen LogP contribution in [0.25, 0.3) is 0 Å². The molecular weight excluding hydrogens is 258 g/mol. The Bertz CT molecular complexity index is 458. The molecule has 0 aliphatic carbocycles. The lowest BCUT2D eigenvalue weighted by Gasteiger charge is -2.29. The highest BCUT2D eigenvalue weighted by Crippen LogP contribution is 2.23. The molecule has 4 nitrogen and oxygen atoms in total. The van der Waals surface area contributed by atoms with Gasteiger partial charge in [0.25, 0.3) is 0 Å². The highest BCUT2D eigenvalue weighted by atomic mass is 32.1. The Labute approximate surface area is 119 Å². The third kappa shape index (κ3) is 3.42. The molecule has 0 radical (unpaired) electrons. The molecule has 0 aromatic carbocycles. The van der Waals surface area contributed by atoms with E-state index >= 15 is 0 Å². The Balaban J connectivity index is 2.14. The van der Waals surface area contributed by atoms with Crippen LogP contribution < -0.4 is 11.1 Å². The quantitative estimate of drug-likeness (QED) is 0.828. The molecule has 2 heterocycles. The lowest BCUT2D eigenvalue weighted by Crippen LogP contribution is -2.32. The van der Waals surface area contributed by atoms with Crippen LogP contribution in [0.2, 0.25) is 0 Å². The summed E-state index contributed by atoms with van der Waals surface area (Å²) in [5.74, 6) is 1.40. The number of nitrogens with zero attached hydrogens (tertiary/aromatic N) is 1. The lowest BCUT2D eigenvalue weighted by atomic mass is 9.93. The molecule has 1 unspecified atom stereocenters. The van der Waals surface area contributed by atoms with Gasteiger partial charge in [-0.25, -0.2) is 4.98 Å². The maximum Gasteiger partial charge on any atom is 0.136 e. The third-order valence-corrected chi connectivity index (χ3v) is 3.95. The van der Waals surface area contributed by atoms with Crippen molar-refractivity contribution in [3.05, 3.63) is 23.4 Å². The molecule has 5 heteroatoms. The van der Waals surface area contributed by atoms with Crippen molar-refractivity contribution in [2.75, 3.05) is 18.5 Å². The van der Waals surface area contributed by atoms with Crippen LogP contribution in [0.3, 0.4) is 0 Å². The highest BCUT2D eigenvalue weighted by molar-refractivity contribution is 7.80. The second-order valence-electron chi connectivity index (χ2n) is 5.10. The molecule has 1 aromatic heterocycles. The zero-order valence-electron chi connectivity index (χ0n) is 11.5. The molecule has 1 fully saturated rings. The van der Waals surface area contributed by atoms with E-state index in [-0.39, 0.29) is 0 Å². The molecule has 0 spiro atoms. The Morgan fingerprint density at radius 1 is 1.53 bits per heavy atom. The van der Waals surface area contributed by atoms with Crippen LogP contribution in [0.5, 0.6) is 0 Å². The molecule has 3 N–H and O–H groups in total. The SMILES string of the molecule is Cc1ccnc(NC(C)C2CCOCC2)c1C(N)=S. The Morgan fingerprint density at radius 2 is 2.21 bits per heavy atom. The number of nitrogens with one attached hydrogen (secondary N) is 1. The van der Waals surface area contributed by atoms with Gasteiger partial charge in [0.1, 0.15) is 10.8 Å².